The van der Waals surface area contributed by atoms with E-state index in [-0.39, 0.29) is 0 Å². The zero-order valence-corrected chi connectivity index (χ0v) is 9.34. The maximum atomic E-state index is 8.82. The van der Waals surface area contributed by atoms with Crippen LogP contribution in [0.5, 0.6) is 0 Å². The number of piperidine rings is 1. The van der Waals surface area contributed by atoms with E-state index in [1.165, 1.54) is 25.8 Å². The molecule has 0 aromatic carbocycles. The Balaban J connectivity index is 2.26. The molecule has 84 valence electrons. The van der Waals surface area contributed by atoms with Gasteiger partial charge in [0.05, 0.1) is 0 Å². The Labute approximate surface area is 87.5 Å². The number of hydrogen-bond donors (Lipinski definition) is 2. The quantitative estimate of drug-likeness (QED) is 0.667. The molecule has 0 aromatic heterocycles. The van der Waals surface area contributed by atoms with Gasteiger partial charge in [-0.15, -0.1) is 0 Å². The van der Waals surface area contributed by atoms with E-state index in [0.717, 1.165) is 26.1 Å². The van der Waals surface area contributed by atoms with Gasteiger partial charge < -0.3 is 10.4 Å². The van der Waals surface area contributed by atoms with Crippen LogP contribution in [-0.2, 0) is 0 Å². The summed E-state index contributed by atoms with van der Waals surface area (Å²) in [5.74, 6) is 0. The van der Waals surface area contributed by atoms with E-state index >= 15 is 0 Å². The van der Waals surface area contributed by atoms with Crippen molar-refractivity contribution in [3.05, 3.63) is 0 Å². The summed E-state index contributed by atoms with van der Waals surface area (Å²) >= 11 is 0. The van der Waals surface area contributed by atoms with Crippen molar-refractivity contribution in [2.24, 2.45) is 0 Å². The molecule has 0 bridgehead atoms. The van der Waals surface area contributed by atoms with Gasteiger partial charge in [-0.3, -0.25) is 4.90 Å². The van der Waals surface area contributed by atoms with Gasteiger partial charge in [-0.2, -0.15) is 0 Å². The lowest BCUT2D eigenvalue weighted by Crippen LogP contribution is -2.45. The number of nitrogens with zero attached hydrogens (tertiary/aromatic N) is 1. The molecule has 0 aromatic rings. The van der Waals surface area contributed by atoms with Gasteiger partial charge in [-0.25, -0.2) is 0 Å². The summed E-state index contributed by atoms with van der Waals surface area (Å²) < 4.78 is 0. The Morgan fingerprint density at radius 2 is 2.29 bits per heavy atom. The van der Waals surface area contributed by atoms with Crippen molar-refractivity contribution in [3.8, 4) is 0 Å². The highest BCUT2D eigenvalue weighted by Crippen LogP contribution is 2.16. The van der Waals surface area contributed by atoms with Crippen molar-refractivity contribution in [2.75, 3.05) is 32.8 Å². The average molecular weight is 200 g/mol. The first-order valence-electron chi connectivity index (χ1n) is 5.94. The van der Waals surface area contributed by atoms with Crippen molar-refractivity contribution < 1.29 is 5.11 Å². The Bertz CT molecular complexity index is 125. The lowest BCUT2D eigenvalue weighted by Gasteiger charge is -2.35. The van der Waals surface area contributed by atoms with E-state index in [2.05, 4.69) is 17.1 Å². The van der Waals surface area contributed by atoms with Crippen LogP contribution in [-0.4, -0.2) is 48.8 Å². The van der Waals surface area contributed by atoms with E-state index in [1.54, 1.807) is 0 Å². The third-order valence-corrected chi connectivity index (χ3v) is 2.98. The van der Waals surface area contributed by atoms with E-state index < -0.39 is 0 Å². The summed E-state index contributed by atoms with van der Waals surface area (Å²) in [5.41, 5.74) is 0. The van der Waals surface area contributed by atoms with Crippen LogP contribution in [0.4, 0.5) is 0 Å². The Kier molecular flexibility index (Phi) is 6.15. The fraction of sp³-hybridized carbons (Fsp3) is 1.00. The molecule has 0 radical (unpaired) electrons. The normalized spacial score (nSPS) is 24.0. The molecular weight excluding hydrogens is 176 g/mol. The molecule has 1 aliphatic heterocycles. The summed E-state index contributed by atoms with van der Waals surface area (Å²) in [5, 5.41) is 12.2. The molecule has 3 heteroatoms. The highest BCUT2D eigenvalue weighted by Gasteiger charge is 2.20. The highest BCUT2D eigenvalue weighted by molar-refractivity contribution is 4.78. The zero-order chi connectivity index (χ0) is 10.2. The summed E-state index contributed by atoms with van der Waals surface area (Å²) in [6, 6.07) is 0.704. The standard InChI is InChI=1S/C11H24N2O/c1-2-12-10-11-6-3-4-7-13(11)8-5-9-14/h11-12,14H,2-10H2,1H3. The molecule has 1 atom stereocenters. The van der Waals surface area contributed by atoms with Gasteiger partial charge in [-0.05, 0) is 32.4 Å². The number of nitrogens with one attached hydrogen (secondary N) is 1. The number of likely N-dealkylation sites (N-methyl/N-ethyl adjacent to an activating group) is 1. The first-order chi connectivity index (χ1) is 6.88. The number of aliphatic hydroxyl groups is 1. The molecule has 1 aliphatic rings. The highest BCUT2D eigenvalue weighted by atomic mass is 16.3. The van der Waals surface area contributed by atoms with E-state index in [0.29, 0.717) is 12.6 Å². The third-order valence-electron chi connectivity index (χ3n) is 2.98. The van der Waals surface area contributed by atoms with Crippen molar-refractivity contribution >= 4 is 0 Å². The minimum Gasteiger partial charge on any atom is -0.396 e. The molecule has 1 unspecified atom stereocenters. The molecule has 3 nitrogen and oxygen atoms in total. The Morgan fingerprint density at radius 3 is 3.00 bits per heavy atom. The summed E-state index contributed by atoms with van der Waals surface area (Å²) in [6.07, 6.45) is 4.93. The number of hydrogen-bond acceptors (Lipinski definition) is 3. The van der Waals surface area contributed by atoms with Crippen molar-refractivity contribution in [1.29, 1.82) is 0 Å². The summed E-state index contributed by atoms with van der Waals surface area (Å²) in [4.78, 5) is 2.53. The van der Waals surface area contributed by atoms with E-state index in [1.807, 2.05) is 0 Å². The lowest BCUT2D eigenvalue weighted by atomic mass is 10.0. The monoisotopic (exact) mass is 200 g/mol. The molecule has 1 heterocycles. The Morgan fingerprint density at radius 1 is 1.43 bits per heavy atom. The van der Waals surface area contributed by atoms with Gasteiger partial charge in [-0.1, -0.05) is 13.3 Å². The van der Waals surface area contributed by atoms with Crippen LogP contribution in [0, 0.1) is 0 Å². The molecule has 14 heavy (non-hydrogen) atoms. The number of aliphatic hydroxyl groups excluding tert-OH is 1. The van der Waals surface area contributed by atoms with Gasteiger partial charge in [0, 0.05) is 25.7 Å². The lowest BCUT2D eigenvalue weighted by molar-refractivity contribution is 0.133. The summed E-state index contributed by atoms with van der Waals surface area (Å²) in [7, 11) is 0. The van der Waals surface area contributed by atoms with Gasteiger partial charge in [0.2, 0.25) is 0 Å². The predicted molar refractivity (Wildman–Crippen MR) is 59.5 cm³/mol. The molecule has 0 amide bonds. The fourth-order valence-electron chi connectivity index (χ4n) is 2.17. The third kappa shape index (κ3) is 3.95. The molecule has 0 aliphatic carbocycles. The van der Waals surface area contributed by atoms with Crippen LogP contribution in [0.1, 0.15) is 32.6 Å². The first-order valence-corrected chi connectivity index (χ1v) is 5.94. The maximum absolute atomic E-state index is 8.82. The second-order valence-corrected chi connectivity index (χ2v) is 4.07. The minimum absolute atomic E-state index is 0.324. The average Bonchev–Trinajstić information content (AvgIpc) is 2.24. The van der Waals surface area contributed by atoms with E-state index in [9.17, 15) is 0 Å². The second kappa shape index (κ2) is 7.21. The molecule has 1 saturated heterocycles. The molecule has 2 N–H and O–H groups in total. The second-order valence-electron chi connectivity index (χ2n) is 4.07. The van der Waals surface area contributed by atoms with E-state index in [4.69, 9.17) is 5.11 Å². The smallest absolute Gasteiger partial charge is 0.0443 e. The minimum atomic E-state index is 0.324. The van der Waals surface area contributed by atoms with Crippen LogP contribution in [0.25, 0.3) is 0 Å². The molecule has 1 rings (SSSR count). The molecule has 1 fully saturated rings. The maximum Gasteiger partial charge on any atom is 0.0443 e. The largest absolute Gasteiger partial charge is 0.396 e. The predicted octanol–water partition coefficient (Wildman–Crippen LogP) is 0.833. The zero-order valence-electron chi connectivity index (χ0n) is 9.34. The van der Waals surface area contributed by atoms with Gasteiger partial charge in [0.15, 0.2) is 0 Å². The molecule has 0 saturated carbocycles. The SMILES string of the molecule is CCNCC1CCCCN1CCCO. The van der Waals surface area contributed by atoms with Crippen LogP contribution < -0.4 is 5.32 Å². The van der Waals surface area contributed by atoms with Crippen LogP contribution >= 0.6 is 0 Å². The van der Waals surface area contributed by atoms with Gasteiger partial charge in [0.25, 0.3) is 0 Å². The molecule has 0 spiro atoms. The van der Waals surface area contributed by atoms with Gasteiger partial charge in [0.1, 0.15) is 0 Å². The first kappa shape index (κ1) is 12.0. The van der Waals surface area contributed by atoms with Crippen molar-refractivity contribution in [1.82, 2.24) is 10.2 Å². The Hall–Kier alpha value is -0.120. The number of rotatable bonds is 6. The van der Waals surface area contributed by atoms with Crippen LogP contribution in [0.15, 0.2) is 0 Å². The van der Waals surface area contributed by atoms with Crippen LogP contribution in [0.2, 0.25) is 0 Å². The van der Waals surface area contributed by atoms with Crippen molar-refractivity contribution in [3.63, 3.8) is 0 Å². The van der Waals surface area contributed by atoms with Crippen molar-refractivity contribution in [2.45, 2.75) is 38.6 Å². The summed E-state index contributed by atoms with van der Waals surface area (Å²) in [6.45, 7) is 6.93. The number of likely N-dealkylation sites (tertiary alicyclic amines) is 1. The van der Waals surface area contributed by atoms with Crippen LogP contribution in [0.3, 0.4) is 0 Å². The van der Waals surface area contributed by atoms with Gasteiger partial charge >= 0.3 is 0 Å². The fourth-order valence-corrected chi connectivity index (χ4v) is 2.17. The topological polar surface area (TPSA) is 35.5 Å². The molecular formula is C11H24N2O.